The minimum atomic E-state index is 0.830. The lowest BCUT2D eigenvalue weighted by atomic mass is 10.0. The van der Waals surface area contributed by atoms with Crippen LogP contribution in [0.3, 0.4) is 0 Å². The van der Waals surface area contributed by atoms with Crippen molar-refractivity contribution in [2.24, 2.45) is 11.8 Å². The molecule has 18 heavy (non-hydrogen) atoms. The van der Waals surface area contributed by atoms with Crippen LogP contribution in [0.1, 0.15) is 0 Å². The molecule has 2 saturated heterocycles. The lowest BCUT2D eigenvalue weighted by Crippen LogP contribution is -2.34. The van der Waals surface area contributed by atoms with Gasteiger partial charge in [-0.25, -0.2) is 9.66 Å². The number of rotatable bonds is 1. The Bertz CT molecular complexity index is 562. The predicted octanol–water partition coefficient (Wildman–Crippen LogP) is 1.17. The van der Waals surface area contributed by atoms with Crippen molar-refractivity contribution in [3.63, 3.8) is 0 Å². The molecule has 3 heterocycles. The van der Waals surface area contributed by atoms with E-state index >= 15 is 0 Å². The van der Waals surface area contributed by atoms with E-state index in [2.05, 4.69) is 44.8 Å². The Kier molecular flexibility index (Phi) is 2.14. The fourth-order valence-corrected chi connectivity index (χ4v) is 3.55. The third-order valence-electron chi connectivity index (χ3n) is 4.39. The summed E-state index contributed by atoms with van der Waals surface area (Å²) in [6.07, 6.45) is 1.97. The molecule has 4 rings (SSSR count). The summed E-state index contributed by atoms with van der Waals surface area (Å²) in [7, 11) is 2.23. The van der Waals surface area contributed by atoms with E-state index in [1.807, 2.05) is 12.4 Å². The number of benzene rings is 1. The first-order valence-corrected chi connectivity index (χ1v) is 6.67. The van der Waals surface area contributed by atoms with Gasteiger partial charge in [-0.2, -0.15) is 0 Å². The van der Waals surface area contributed by atoms with Gasteiger partial charge in [0.05, 0.1) is 11.0 Å². The van der Waals surface area contributed by atoms with Crippen molar-refractivity contribution in [3.8, 4) is 0 Å². The standard InChI is InChI=1S/C14H18N4/c1-16-6-11-8-17(9-12(11)7-16)18-10-15-13-4-2-3-5-14(13)18/h2-5,10-12H,6-9H2,1H3. The predicted molar refractivity (Wildman–Crippen MR) is 72.2 cm³/mol. The Balaban J connectivity index is 1.65. The van der Waals surface area contributed by atoms with Crippen molar-refractivity contribution in [3.05, 3.63) is 30.6 Å². The lowest BCUT2D eigenvalue weighted by molar-refractivity contribution is 0.380. The quantitative estimate of drug-likeness (QED) is 0.750. The molecule has 0 amide bonds. The van der Waals surface area contributed by atoms with Gasteiger partial charge in [-0.3, -0.25) is 0 Å². The number of hydrogen-bond acceptors (Lipinski definition) is 3. The molecule has 2 aromatic rings. The molecule has 94 valence electrons. The van der Waals surface area contributed by atoms with Crippen molar-refractivity contribution >= 4 is 11.0 Å². The molecule has 1 aromatic carbocycles. The SMILES string of the molecule is CN1CC2CN(n3cnc4ccccc43)CC2C1. The summed E-state index contributed by atoms with van der Waals surface area (Å²) >= 11 is 0. The molecule has 2 fully saturated rings. The van der Waals surface area contributed by atoms with Crippen LogP contribution in [0.2, 0.25) is 0 Å². The molecule has 0 spiro atoms. The fourth-order valence-electron chi connectivity index (χ4n) is 3.55. The van der Waals surface area contributed by atoms with E-state index in [0.717, 1.165) is 30.4 Å². The average Bonchev–Trinajstić information content (AvgIpc) is 2.99. The van der Waals surface area contributed by atoms with E-state index in [1.165, 1.54) is 18.6 Å². The van der Waals surface area contributed by atoms with Crippen LogP contribution in [-0.2, 0) is 0 Å². The third kappa shape index (κ3) is 1.45. The monoisotopic (exact) mass is 242 g/mol. The van der Waals surface area contributed by atoms with Crippen LogP contribution in [0.25, 0.3) is 11.0 Å². The Morgan fingerprint density at radius 3 is 2.56 bits per heavy atom. The minimum absolute atomic E-state index is 0.830. The van der Waals surface area contributed by atoms with Crippen molar-refractivity contribution < 1.29 is 0 Å². The number of hydrogen-bond donors (Lipinski definition) is 0. The van der Waals surface area contributed by atoms with Crippen LogP contribution < -0.4 is 5.01 Å². The van der Waals surface area contributed by atoms with Crippen LogP contribution in [-0.4, -0.2) is 47.8 Å². The number of likely N-dealkylation sites (tertiary alicyclic amines) is 1. The largest absolute Gasteiger partial charge is 0.311 e. The smallest absolute Gasteiger partial charge is 0.116 e. The normalized spacial score (nSPS) is 28.2. The third-order valence-corrected chi connectivity index (χ3v) is 4.39. The Morgan fingerprint density at radius 1 is 1.06 bits per heavy atom. The van der Waals surface area contributed by atoms with Gasteiger partial charge in [-0.1, -0.05) is 12.1 Å². The molecule has 2 atom stereocenters. The van der Waals surface area contributed by atoms with Crippen LogP contribution in [0.15, 0.2) is 30.6 Å². The summed E-state index contributed by atoms with van der Waals surface area (Å²) in [5, 5.41) is 2.46. The van der Waals surface area contributed by atoms with Crippen molar-refractivity contribution in [2.45, 2.75) is 0 Å². The second-order valence-electron chi connectivity index (χ2n) is 5.69. The van der Waals surface area contributed by atoms with Gasteiger partial charge in [0.1, 0.15) is 6.33 Å². The highest BCUT2D eigenvalue weighted by molar-refractivity contribution is 5.75. The van der Waals surface area contributed by atoms with Crippen molar-refractivity contribution in [1.82, 2.24) is 14.6 Å². The molecule has 2 aliphatic heterocycles. The van der Waals surface area contributed by atoms with Crippen LogP contribution in [0.5, 0.6) is 0 Å². The van der Waals surface area contributed by atoms with Crippen LogP contribution in [0, 0.1) is 11.8 Å². The first-order valence-electron chi connectivity index (χ1n) is 6.67. The van der Waals surface area contributed by atoms with E-state index in [9.17, 15) is 0 Å². The molecule has 0 radical (unpaired) electrons. The van der Waals surface area contributed by atoms with Crippen molar-refractivity contribution in [2.75, 3.05) is 38.2 Å². The summed E-state index contributed by atoms with van der Waals surface area (Å²) < 4.78 is 2.24. The van der Waals surface area contributed by atoms with E-state index in [4.69, 9.17) is 0 Å². The Labute approximate surface area is 107 Å². The van der Waals surface area contributed by atoms with Gasteiger partial charge in [-0.15, -0.1) is 0 Å². The minimum Gasteiger partial charge on any atom is -0.311 e. The second-order valence-corrected chi connectivity index (χ2v) is 5.69. The highest BCUT2D eigenvalue weighted by atomic mass is 15.6. The number of nitrogens with zero attached hydrogens (tertiary/aromatic N) is 4. The van der Waals surface area contributed by atoms with E-state index in [0.29, 0.717) is 0 Å². The molecule has 4 nitrogen and oxygen atoms in total. The molecule has 0 bridgehead atoms. The lowest BCUT2D eigenvalue weighted by Gasteiger charge is -2.22. The zero-order valence-electron chi connectivity index (χ0n) is 10.7. The van der Waals surface area contributed by atoms with Crippen LogP contribution >= 0.6 is 0 Å². The molecule has 2 aliphatic rings. The molecular weight excluding hydrogens is 224 g/mol. The topological polar surface area (TPSA) is 24.3 Å². The molecular formula is C14H18N4. The molecule has 0 aliphatic carbocycles. The first kappa shape index (κ1) is 10.4. The van der Waals surface area contributed by atoms with Crippen molar-refractivity contribution in [1.29, 1.82) is 0 Å². The highest BCUT2D eigenvalue weighted by Crippen LogP contribution is 2.30. The van der Waals surface area contributed by atoms with Gasteiger partial charge in [0.2, 0.25) is 0 Å². The summed E-state index contributed by atoms with van der Waals surface area (Å²) in [6, 6.07) is 8.37. The Morgan fingerprint density at radius 2 is 1.78 bits per heavy atom. The molecule has 2 unspecified atom stereocenters. The van der Waals surface area contributed by atoms with Gasteiger partial charge in [0.25, 0.3) is 0 Å². The number of imidazole rings is 1. The summed E-state index contributed by atoms with van der Waals surface area (Å²) in [6.45, 7) is 4.81. The molecule has 4 heteroatoms. The van der Waals surface area contributed by atoms with Crippen LogP contribution in [0.4, 0.5) is 0 Å². The van der Waals surface area contributed by atoms with Gasteiger partial charge < -0.3 is 9.91 Å². The highest BCUT2D eigenvalue weighted by Gasteiger charge is 2.39. The summed E-state index contributed by atoms with van der Waals surface area (Å²) in [4.78, 5) is 6.94. The zero-order chi connectivity index (χ0) is 12.1. The maximum atomic E-state index is 4.48. The number of para-hydroxylation sites is 2. The molecule has 0 N–H and O–H groups in total. The summed E-state index contributed by atoms with van der Waals surface area (Å²) in [5.41, 5.74) is 2.32. The first-order chi connectivity index (χ1) is 8.81. The van der Waals surface area contributed by atoms with E-state index in [-0.39, 0.29) is 0 Å². The summed E-state index contributed by atoms with van der Waals surface area (Å²) in [5.74, 6) is 1.66. The number of fused-ring (bicyclic) bond motifs is 2. The molecule has 1 aromatic heterocycles. The van der Waals surface area contributed by atoms with E-state index in [1.54, 1.807) is 0 Å². The van der Waals surface area contributed by atoms with Gasteiger partial charge in [0, 0.05) is 26.2 Å². The Hall–Kier alpha value is -1.55. The van der Waals surface area contributed by atoms with E-state index < -0.39 is 0 Å². The maximum Gasteiger partial charge on any atom is 0.116 e. The van der Waals surface area contributed by atoms with Gasteiger partial charge in [0.15, 0.2) is 0 Å². The average molecular weight is 242 g/mol. The number of aromatic nitrogens is 2. The maximum absolute atomic E-state index is 4.48. The zero-order valence-corrected chi connectivity index (χ0v) is 10.7. The molecule has 0 saturated carbocycles. The van der Waals surface area contributed by atoms with Gasteiger partial charge >= 0.3 is 0 Å². The van der Waals surface area contributed by atoms with Gasteiger partial charge in [-0.05, 0) is 31.0 Å². The second kappa shape index (κ2) is 3.72. The fraction of sp³-hybridized carbons (Fsp3) is 0.500.